The molecule has 0 unspecified atom stereocenters. The molecule has 6 nitrogen and oxygen atoms in total. The summed E-state index contributed by atoms with van der Waals surface area (Å²) in [6.45, 7) is -0.436. The van der Waals surface area contributed by atoms with Gasteiger partial charge in [0.25, 0.3) is 5.91 Å². The molecular formula is C16H12ClN3O3S. The highest BCUT2D eigenvalue weighted by atomic mass is 35.5. The van der Waals surface area contributed by atoms with Crippen molar-refractivity contribution in [1.82, 2.24) is 4.98 Å². The van der Waals surface area contributed by atoms with Gasteiger partial charge in [0.15, 0.2) is 6.61 Å². The number of carbonyl (C=O) groups is 2. The van der Waals surface area contributed by atoms with Crippen molar-refractivity contribution in [3.05, 3.63) is 45.1 Å². The number of nitrogens with zero attached hydrogens (tertiary/aromatic N) is 2. The third-order valence-electron chi connectivity index (χ3n) is 3.58. The largest absolute Gasteiger partial charge is 0.452 e. The van der Waals surface area contributed by atoms with Crippen molar-refractivity contribution in [2.24, 2.45) is 0 Å². The lowest BCUT2D eigenvalue weighted by atomic mass is 10.1. The fourth-order valence-electron chi connectivity index (χ4n) is 2.48. The zero-order chi connectivity index (χ0) is 17.1. The molecule has 3 rings (SSSR count). The van der Waals surface area contributed by atoms with E-state index in [1.54, 1.807) is 0 Å². The van der Waals surface area contributed by atoms with Gasteiger partial charge in [0, 0.05) is 11.1 Å². The van der Waals surface area contributed by atoms with Gasteiger partial charge in [0.1, 0.15) is 16.2 Å². The highest BCUT2D eigenvalue weighted by Crippen LogP contribution is 2.38. The summed E-state index contributed by atoms with van der Waals surface area (Å²) in [6.07, 6.45) is 4.11. The molecule has 8 heteroatoms. The number of aryl methyl sites for hydroxylation is 1. The average Bonchev–Trinajstić information content (AvgIpc) is 3.13. The van der Waals surface area contributed by atoms with Crippen LogP contribution in [0.15, 0.2) is 18.3 Å². The number of ether oxygens (including phenoxy) is 1. The number of hydrogen-bond acceptors (Lipinski definition) is 6. The van der Waals surface area contributed by atoms with Crippen LogP contribution in [-0.4, -0.2) is 23.5 Å². The summed E-state index contributed by atoms with van der Waals surface area (Å²) in [5.74, 6) is -1.15. The van der Waals surface area contributed by atoms with E-state index in [1.165, 1.54) is 29.7 Å². The van der Waals surface area contributed by atoms with Crippen LogP contribution in [-0.2, 0) is 22.4 Å². The minimum absolute atomic E-state index is 0.208. The third-order valence-corrected chi connectivity index (χ3v) is 5.01. The lowest BCUT2D eigenvalue weighted by Crippen LogP contribution is -2.21. The maximum atomic E-state index is 12.0. The number of nitriles is 1. The summed E-state index contributed by atoms with van der Waals surface area (Å²) in [5, 5.41) is 12.7. The number of thiophene rings is 1. The molecule has 1 aliphatic carbocycles. The van der Waals surface area contributed by atoms with Crippen LogP contribution in [0.1, 0.15) is 32.8 Å². The summed E-state index contributed by atoms with van der Waals surface area (Å²) < 4.78 is 4.94. The first-order chi connectivity index (χ1) is 11.6. The predicted octanol–water partition coefficient (Wildman–Crippen LogP) is 2.95. The number of hydrogen-bond donors (Lipinski definition) is 1. The lowest BCUT2D eigenvalue weighted by molar-refractivity contribution is -0.119. The number of pyridine rings is 1. The Balaban J connectivity index is 1.59. The van der Waals surface area contributed by atoms with Crippen LogP contribution >= 0.6 is 22.9 Å². The second kappa shape index (κ2) is 6.99. The van der Waals surface area contributed by atoms with Gasteiger partial charge in [-0.25, -0.2) is 9.78 Å². The first kappa shape index (κ1) is 16.4. The van der Waals surface area contributed by atoms with E-state index < -0.39 is 18.5 Å². The minimum Gasteiger partial charge on any atom is -0.452 e. The van der Waals surface area contributed by atoms with E-state index in [2.05, 4.69) is 16.4 Å². The number of amides is 1. The van der Waals surface area contributed by atoms with E-state index in [0.717, 1.165) is 29.7 Å². The van der Waals surface area contributed by atoms with E-state index in [9.17, 15) is 14.9 Å². The summed E-state index contributed by atoms with van der Waals surface area (Å²) in [4.78, 5) is 28.7. The Morgan fingerprint density at radius 3 is 2.96 bits per heavy atom. The summed E-state index contributed by atoms with van der Waals surface area (Å²) >= 11 is 7.06. The number of anilines is 1. The molecule has 0 spiro atoms. The molecule has 122 valence electrons. The van der Waals surface area contributed by atoms with E-state index in [4.69, 9.17) is 16.3 Å². The number of fused-ring (bicyclic) bond motifs is 1. The Hall–Kier alpha value is -2.43. The second-order valence-electron chi connectivity index (χ2n) is 5.17. The topological polar surface area (TPSA) is 92.1 Å². The molecule has 24 heavy (non-hydrogen) atoms. The lowest BCUT2D eigenvalue weighted by Gasteiger charge is -2.06. The van der Waals surface area contributed by atoms with Crippen molar-refractivity contribution in [1.29, 1.82) is 5.26 Å². The summed E-state index contributed by atoms with van der Waals surface area (Å²) in [7, 11) is 0. The quantitative estimate of drug-likeness (QED) is 0.667. The number of nitrogens with one attached hydrogen (secondary N) is 1. The van der Waals surface area contributed by atoms with Crippen LogP contribution in [0.25, 0.3) is 0 Å². The van der Waals surface area contributed by atoms with Crippen molar-refractivity contribution in [2.75, 3.05) is 11.9 Å². The molecule has 0 saturated heterocycles. The molecule has 0 radical (unpaired) electrons. The fraction of sp³-hybridized carbons (Fsp3) is 0.250. The molecule has 2 aromatic heterocycles. The Labute approximate surface area is 147 Å². The molecule has 1 N–H and O–H groups in total. The molecule has 1 amide bonds. The van der Waals surface area contributed by atoms with Crippen molar-refractivity contribution in [3.63, 3.8) is 0 Å². The molecule has 0 fully saturated rings. The van der Waals surface area contributed by atoms with Gasteiger partial charge in [-0.3, -0.25) is 4.79 Å². The van der Waals surface area contributed by atoms with Gasteiger partial charge in [-0.15, -0.1) is 11.3 Å². The maximum absolute atomic E-state index is 12.0. The standard InChI is InChI=1S/C16H12ClN3O3S/c17-13-5-4-9(7-19-13)16(22)23-8-14(21)20-15-11(6-18)10-2-1-3-12(10)24-15/h4-5,7H,1-3,8H2,(H,20,21). The molecule has 0 saturated carbocycles. The number of aromatic nitrogens is 1. The molecule has 0 aliphatic heterocycles. The van der Waals surface area contributed by atoms with Crippen LogP contribution in [0.4, 0.5) is 5.00 Å². The van der Waals surface area contributed by atoms with Gasteiger partial charge in [-0.2, -0.15) is 5.26 Å². The minimum atomic E-state index is -0.663. The van der Waals surface area contributed by atoms with E-state index in [0.29, 0.717) is 10.6 Å². The van der Waals surface area contributed by atoms with Crippen LogP contribution in [0.2, 0.25) is 5.15 Å². The van der Waals surface area contributed by atoms with Crippen LogP contribution in [0, 0.1) is 11.3 Å². The van der Waals surface area contributed by atoms with Crippen LogP contribution < -0.4 is 5.32 Å². The molecule has 0 atom stereocenters. The smallest absolute Gasteiger partial charge is 0.340 e. The van der Waals surface area contributed by atoms with E-state index in [1.807, 2.05) is 0 Å². The number of esters is 1. The van der Waals surface area contributed by atoms with Gasteiger partial charge in [-0.05, 0) is 37.0 Å². The number of rotatable bonds is 4. The van der Waals surface area contributed by atoms with Gasteiger partial charge in [-0.1, -0.05) is 11.6 Å². The van der Waals surface area contributed by atoms with Gasteiger partial charge < -0.3 is 10.1 Å². The van der Waals surface area contributed by atoms with Gasteiger partial charge in [0.05, 0.1) is 11.1 Å². The molecular weight excluding hydrogens is 350 g/mol. The van der Waals surface area contributed by atoms with Gasteiger partial charge in [0.2, 0.25) is 0 Å². The maximum Gasteiger partial charge on any atom is 0.340 e. The molecule has 2 aromatic rings. The summed E-state index contributed by atoms with van der Waals surface area (Å²) in [5.41, 5.74) is 1.76. The molecule has 1 aliphatic rings. The first-order valence-electron chi connectivity index (χ1n) is 7.21. The van der Waals surface area contributed by atoms with E-state index in [-0.39, 0.29) is 10.7 Å². The number of halogens is 1. The Morgan fingerprint density at radius 1 is 1.42 bits per heavy atom. The monoisotopic (exact) mass is 361 g/mol. The van der Waals surface area contributed by atoms with Gasteiger partial charge >= 0.3 is 5.97 Å². The molecule has 0 bridgehead atoms. The summed E-state index contributed by atoms with van der Waals surface area (Å²) in [6, 6.07) is 5.07. The zero-order valence-electron chi connectivity index (χ0n) is 12.5. The molecule has 0 aromatic carbocycles. The van der Waals surface area contributed by atoms with Crippen molar-refractivity contribution >= 4 is 39.8 Å². The second-order valence-corrected chi connectivity index (χ2v) is 6.66. The normalized spacial score (nSPS) is 12.3. The first-order valence-corrected chi connectivity index (χ1v) is 8.41. The van der Waals surface area contributed by atoms with Crippen LogP contribution in [0.3, 0.4) is 0 Å². The Bertz CT molecular complexity index is 839. The fourth-order valence-corrected chi connectivity index (χ4v) is 3.85. The highest BCUT2D eigenvalue weighted by molar-refractivity contribution is 7.16. The van der Waals surface area contributed by atoms with Crippen molar-refractivity contribution in [3.8, 4) is 6.07 Å². The Kier molecular flexibility index (Phi) is 4.79. The zero-order valence-corrected chi connectivity index (χ0v) is 14.0. The van der Waals surface area contributed by atoms with Crippen LogP contribution in [0.5, 0.6) is 0 Å². The Morgan fingerprint density at radius 2 is 2.25 bits per heavy atom. The molecule has 2 heterocycles. The van der Waals surface area contributed by atoms with E-state index >= 15 is 0 Å². The SMILES string of the molecule is N#Cc1c(NC(=O)COC(=O)c2ccc(Cl)nc2)sc2c1CCC2. The van der Waals surface area contributed by atoms with Crippen molar-refractivity contribution < 1.29 is 14.3 Å². The number of carbonyl (C=O) groups excluding carboxylic acids is 2. The predicted molar refractivity (Wildman–Crippen MR) is 89.2 cm³/mol. The third kappa shape index (κ3) is 3.40. The average molecular weight is 362 g/mol. The highest BCUT2D eigenvalue weighted by Gasteiger charge is 2.23. The van der Waals surface area contributed by atoms with Crippen molar-refractivity contribution in [2.45, 2.75) is 19.3 Å².